The highest BCUT2D eigenvalue weighted by atomic mass is 19.1. The van der Waals surface area contributed by atoms with E-state index in [0.717, 1.165) is 10.1 Å². The van der Waals surface area contributed by atoms with E-state index in [9.17, 15) is 28.4 Å². The molecule has 0 fully saturated rings. The van der Waals surface area contributed by atoms with Crippen molar-refractivity contribution in [3.63, 3.8) is 0 Å². The van der Waals surface area contributed by atoms with Crippen molar-refractivity contribution in [2.45, 2.75) is 45.2 Å². The fourth-order valence-electron chi connectivity index (χ4n) is 3.33. The van der Waals surface area contributed by atoms with Crippen LogP contribution in [0.25, 0.3) is 0 Å². The third kappa shape index (κ3) is 7.09. The first-order chi connectivity index (χ1) is 15.7. The number of carbonyl (C=O) groups is 4. The first-order valence-corrected chi connectivity index (χ1v) is 10.3. The van der Waals surface area contributed by atoms with Crippen molar-refractivity contribution in [1.29, 1.82) is 0 Å². The summed E-state index contributed by atoms with van der Waals surface area (Å²) in [5.41, 5.74) is 0.674. The zero-order valence-corrected chi connectivity index (χ0v) is 18.3. The summed E-state index contributed by atoms with van der Waals surface area (Å²) < 4.78 is 13.9. The zero-order chi connectivity index (χ0) is 24.5. The highest BCUT2D eigenvalue weighted by Crippen LogP contribution is 2.15. The normalized spacial score (nSPS) is 12.5. The summed E-state index contributed by atoms with van der Waals surface area (Å²) in [5, 5.41) is 13.7. The van der Waals surface area contributed by atoms with E-state index >= 15 is 0 Å². The number of nitrogens with zero attached hydrogens (tertiary/aromatic N) is 1. The van der Waals surface area contributed by atoms with Gasteiger partial charge in [0.25, 0.3) is 5.56 Å². The average molecular weight is 459 g/mol. The molecule has 0 saturated heterocycles. The molecule has 2 amide bonds. The first kappa shape index (κ1) is 25.4. The van der Waals surface area contributed by atoms with Crippen molar-refractivity contribution in [2.75, 3.05) is 12.0 Å². The van der Waals surface area contributed by atoms with Gasteiger partial charge in [-0.25, -0.2) is 4.39 Å². The highest BCUT2D eigenvalue weighted by Gasteiger charge is 2.28. The molecule has 0 aliphatic carbocycles. The van der Waals surface area contributed by atoms with Gasteiger partial charge in [-0.2, -0.15) is 0 Å². The van der Waals surface area contributed by atoms with Gasteiger partial charge in [-0.1, -0.05) is 37.3 Å². The molecule has 0 bridgehead atoms. The van der Waals surface area contributed by atoms with E-state index in [1.165, 1.54) is 12.3 Å². The molecule has 2 unspecified atom stereocenters. The van der Waals surface area contributed by atoms with Crippen molar-refractivity contribution >= 4 is 29.3 Å². The second-order valence-electron chi connectivity index (χ2n) is 7.54. The number of carbonyl (C=O) groups excluding carboxylic acids is 3. The van der Waals surface area contributed by atoms with Crippen LogP contribution in [0.5, 0.6) is 0 Å². The van der Waals surface area contributed by atoms with Gasteiger partial charge in [-0.15, -0.1) is 0 Å². The van der Waals surface area contributed by atoms with Gasteiger partial charge in [0.05, 0.1) is 12.8 Å². The zero-order valence-electron chi connectivity index (χ0n) is 18.3. The maximum absolute atomic E-state index is 13.0. The fraction of sp³-hybridized carbons (Fsp3) is 0.348. The van der Waals surface area contributed by atoms with Crippen LogP contribution in [0.15, 0.2) is 47.4 Å². The number of halogens is 1. The molecule has 0 aliphatic rings. The number of aliphatic carboxylic acids is 1. The molecule has 33 heavy (non-hydrogen) atoms. The van der Waals surface area contributed by atoms with Gasteiger partial charge in [-0.05, 0) is 30.5 Å². The van der Waals surface area contributed by atoms with Gasteiger partial charge >= 0.3 is 5.97 Å². The van der Waals surface area contributed by atoms with Gasteiger partial charge in [-0.3, -0.25) is 24.0 Å². The number of rotatable bonds is 11. The molecule has 2 rings (SSSR count). The molecule has 0 saturated carbocycles. The minimum atomic E-state index is -1.56. The lowest BCUT2D eigenvalue weighted by Crippen LogP contribution is -2.47. The Morgan fingerprint density at radius 3 is 2.39 bits per heavy atom. The SMILES string of the molecule is CCC(C(=O)NC(CC(=O)O)C(=O)CF)n1cc(C)cc(NC(=O)Cc2ccccc2)c1=O. The highest BCUT2D eigenvalue weighted by molar-refractivity contribution is 5.94. The number of pyridine rings is 1. The molecule has 176 valence electrons. The molecule has 1 aromatic heterocycles. The third-order valence-electron chi connectivity index (χ3n) is 4.90. The predicted octanol–water partition coefficient (Wildman–Crippen LogP) is 1.79. The lowest BCUT2D eigenvalue weighted by atomic mass is 10.1. The minimum Gasteiger partial charge on any atom is -0.481 e. The standard InChI is InChI=1S/C23H26FN3O6/c1-3-18(22(32)26-16(11-21(30)31)19(28)12-24)27-13-14(2)9-17(23(27)33)25-20(29)10-15-7-5-4-6-8-15/h4-9,13,16,18H,3,10-12H2,1-2H3,(H,25,29)(H,26,32)(H,30,31). The quantitative estimate of drug-likeness (QED) is 0.469. The number of carboxylic acids is 1. The van der Waals surface area contributed by atoms with Crippen molar-refractivity contribution in [1.82, 2.24) is 9.88 Å². The average Bonchev–Trinajstić information content (AvgIpc) is 2.76. The van der Waals surface area contributed by atoms with E-state index in [4.69, 9.17) is 5.11 Å². The number of Topliss-reactive ketones (excluding diaryl/α,β-unsaturated/α-hetero) is 1. The maximum atomic E-state index is 13.0. The summed E-state index contributed by atoms with van der Waals surface area (Å²) >= 11 is 0. The number of hydrogen-bond donors (Lipinski definition) is 3. The van der Waals surface area contributed by atoms with E-state index < -0.39 is 54.3 Å². The molecule has 0 radical (unpaired) electrons. The van der Waals surface area contributed by atoms with Gasteiger partial charge < -0.3 is 20.3 Å². The summed E-state index contributed by atoms with van der Waals surface area (Å²) in [7, 11) is 0. The van der Waals surface area contributed by atoms with Gasteiger partial charge in [0.1, 0.15) is 24.4 Å². The maximum Gasteiger partial charge on any atom is 0.305 e. The lowest BCUT2D eigenvalue weighted by molar-refractivity contribution is -0.140. The number of carboxylic acid groups (broad SMARTS) is 1. The van der Waals surface area contributed by atoms with Crippen LogP contribution in [-0.2, 0) is 25.6 Å². The van der Waals surface area contributed by atoms with Crippen LogP contribution >= 0.6 is 0 Å². The van der Waals surface area contributed by atoms with Crippen molar-refractivity contribution in [3.05, 3.63) is 64.1 Å². The Kier molecular flexibility index (Phi) is 9.02. The van der Waals surface area contributed by atoms with E-state index in [-0.39, 0.29) is 18.5 Å². The van der Waals surface area contributed by atoms with E-state index in [2.05, 4.69) is 10.6 Å². The summed E-state index contributed by atoms with van der Waals surface area (Å²) in [6, 6.07) is 7.77. The van der Waals surface area contributed by atoms with Crippen LogP contribution in [0, 0.1) is 6.92 Å². The summed E-state index contributed by atoms with van der Waals surface area (Å²) in [6.45, 7) is 1.86. The molecular formula is C23H26FN3O6. The molecule has 2 aromatic rings. The van der Waals surface area contributed by atoms with E-state index in [1.54, 1.807) is 38.1 Å². The number of aryl methyl sites for hydroxylation is 1. The second kappa shape index (κ2) is 11.7. The summed E-state index contributed by atoms with van der Waals surface area (Å²) in [5.74, 6) is -3.68. The summed E-state index contributed by atoms with van der Waals surface area (Å²) in [6.07, 6.45) is 0.810. The van der Waals surface area contributed by atoms with Crippen LogP contribution in [0.4, 0.5) is 10.1 Å². The minimum absolute atomic E-state index is 0.0240. The van der Waals surface area contributed by atoms with E-state index in [1.807, 2.05) is 6.07 Å². The number of hydrogen-bond acceptors (Lipinski definition) is 5. The summed E-state index contributed by atoms with van der Waals surface area (Å²) in [4.78, 5) is 60.9. The number of nitrogens with one attached hydrogen (secondary N) is 2. The van der Waals surface area contributed by atoms with Gasteiger partial charge in [0, 0.05) is 6.20 Å². The van der Waals surface area contributed by atoms with Gasteiger partial charge in [0.2, 0.25) is 11.8 Å². The molecule has 3 N–H and O–H groups in total. The third-order valence-corrected chi connectivity index (χ3v) is 4.90. The monoisotopic (exact) mass is 459 g/mol. The Morgan fingerprint density at radius 1 is 1.15 bits per heavy atom. The first-order valence-electron chi connectivity index (χ1n) is 10.3. The Hall–Kier alpha value is -3.82. The largest absolute Gasteiger partial charge is 0.481 e. The van der Waals surface area contributed by atoms with Crippen LogP contribution in [0.1, 0.15) is 36.9 Å². The van der Waals surface area contributed by atoms with E-state index in [0.29, 0.717) is 5.56 Å². The molecule has 9 nitrogen and oxygen atoms in total. The number of benzene rings is 1. The molecular weight excluding hydrogens is 433 g/mol. The van der Waals surface area contributed by atoms with Gasteiger partial charge in [0.15, 0.2) is 5.78 Å². The Morgan fingerprint density at radius 2 is 1.82 bits per heavy atom. The molecule has 0 spiro atoms. The molecule has 1 heterocycles. The second-order valence-corrected chi connectivity index (χ2v) is 7.54. The number of alkyl halides is 1. The smallest absolute Gasteiger partial charge is 0.305 e. The molecule has 2 atom stereocenters. The molecule has 0 aliphatic heterocycles. The van der Waals surface area contributed by atoms with Crippen LogP contribution in [0.3, 0.4) is 0 Å². The van der Waals surface area contributed by atoms with Crippen LogP contribution in [0.2, 0.25) is 0 Å². The molecule has 10 heteroatoms. The van der Waals surface area contributed by atoms with Crippen molar-refractivity contribution in [2.24, 2.45) is 0 Å². The topological polar surface area (TPSA) is 135 Å². The molecule has 1 aromatic carbocycles. The lowest BCUT2D eigenvalue weighted by Gasteiger charge is -2.22. The number of anilines is 1. The van der Waals surface area contributed by atoms with Crippen LogP contribution < -0.4 is 16.2 Å². The van der Waals surface area contributed by atoms with Crippen molar-refractivity contribution < 1.29 is 28.7 Å². The number of ketones is 1. The Bertz CT molecular complexity index is 1080. The Balaban J connectivity index is 2.28. The number of amides is 2. The number of aromatic nitrogens is 1. The van der Waals surface area contributed by atoms with Crippen LogP contribution in [-0.4, -0.2) is 46.0 Å². The Labute approximate surface area is 189 Å². The fourth-order valence-corrected chi connectivity index (χ4v) is 3.33. The van der Waals surface area contributed by atoms with Crippen molar-refractivity contribution in [3.8, 4) is 0 Å². The predicted molar refractivity (Wildman–Crippen MR) is 119 cm³/mol.